The van der Waals surface area contributed by atoms with Crippen LogP contribution in [0, 0.1) is 5.82 Å². The smallest absolute Gasteiger partial charge is 0.410 e. The van der Waals surface area contributed by atoms with Gasteiger partial charge in [-0.15, -0.1) is 0 Å². The maximum Gasteiger partial charge on any atom is 0.410 e. The van der Waals surface area contributed by atoms with Crippen LogP contribution in [-0.4, -0.2) is 56.6 Å². The number of nitrogen functional groups attached to an aromatic ring is 1. The SMILES string of the molecule is COc1c(-c2cnc(N)c(OC(C)c3ccc(F)cc3C(=O)O)c2)c(CN(C)C(=O)OC(C)(C)C)nn1C. The molecule has 38 heavy (non-hydrogen) atoms. The Balaban J connectivity index is 1.98. The molecule has 1 amide bonds. The molecule has 204 valence electrons. The summed E-state index contributed by atoms with van der Waals surface area (Å²) in [4.78, 5) is 29.8. The highest BCUT2D eigenvalue weighted by Crippen LogP contribution is 2.37. The first kappa shape index (κ1) is 28.2. The molecule has 3 N–H and O–H groups in total. The zero-order valence-corrected chi connectivity index (χ0v) is 22.4. The molecular weight excluding hydrogens is 497 g/mol. The predicted octanol–water partition coefficient (Wildman–Crippen LogP) is 4.42. The minimum Gasteiger partial charge on any atom is -0.482 e. The standard InChI is InChI=1S/C26H32FN5O6/c1-14(17-9-8-16(27)11-18(17)24(33)34)37-20-10-15(12-29-22(20)28)21-19(30-32(6)23(21)36-7)13-31(5)25(35)38-26(2,3)4/h8-12,14H,13H2,1-7H3,(H2,28,29)(H,33,34). The van der Waals surface area contributed by atoms with E-state index in [0.29, 0.717) is 22.7 Å². The van der Waals surface area contributed by atoms with Crippen LogP contribution in [0.4, 0.5) is 15.0 Å². The molecule has 0 saturated carbocycles. The fourth-order valence-electron chi connectivity index (χ4n) is 3.83. The van der Waals surface area contributed by atoms with Crippen LogP contribution in [0.5, 0.6) is 11.6 Å². The van der Waals surface area contributed by atoms with Gasteiger partial charge in [-0.05, 0) is 45.9 Å². The number of hydrogen-bond donors (Lipinski definition) is 2. The van der Waals surface area contributed by atoms with Crippen molar-refractivity contribution in [3.8, 4) is 22.8 Å². The van der Waals surface area contributed by atoms with Gasteiger partial charge in [-0.25, -0.2) is 23.6 Å². The van der Waals surface area contributed by atoms with E-state index in [-0.39, 0.29) is 29.2 Å². The fourth-order valence-corrected chi connectivity index (χ4v) is 3.83. The number of carboxylic acid groups (broad SMARTS) is 1. The van der Waals surface area contributed by atoms with Gasteiger partial charge >= 0.3 is 12.1 Å². The Morgan fingerprint density at radius 1 is 1.26 bits per heavy atom. The lowest BCUT2D eigenvalue weighted by atomic mass is 10.0. The van der Waals surface area contributed by atoms with E-state index in [1.165, 1.54) is 29.0 Å². The van der Waals surface area contributed by atoms with Gasteiger partial charge in [0.25, 0.3) is 0 Å². The molecule has 3 aromatic rings. The fraction of sp³-hybridized carbons (Fsp3) is 0.385. The van der Waals surface area contributed by atoms with Crippen LogP contribution in [0.3, 0.4) is 0 Å². The molecule has 0 aliphatic carbocycles. The molecule has 0 radical (unpaired) electrons. The third-order valence-corrected chi connectivity index (χ3v) is 5.51. The van der Waals surface area contributed by atoms with Crippen LogP contribution in [0.15, 0.2) is 30.5 Å². The van der Waals surface area contributed by atoms with Crippen molar-refractivity contribution in [2.24, 2.45) is 7.05 Å². The molecule has 3 rings (SSSR count). The Kier molecular flexibility index (Phi) is 8.13. The van der Waals surface area contributed by atoms with Gasteiger partial charge in [0.2, 0.25) is 5.88 Å². The van der Waals surface area contributed by atoms with Gasteiger partial charge in [-0.1, -0.05) is 6.07 Å². The summed E-state index contributed by atoms with van der Waals surface area (Å²) in [6, 6.07) is 5.07. The maximum absolute atomic E-state index is 13.6. The summed E-state index contributed by atoms with van der Waals surface area (Å²) < 4.78 is 32.2. The Morgan fingerprint density at radius 2 is 1.95 bits per heavy atom. The van der Waals surface area contributed by atoms with Crippen molar-refractivity contribution >= 4 is 17.9 Å². The number of nitrogens with zero attached hydrogens (tertiary/aromatic N) is 4. The number of aryl methyl sites for hydroxylation is 1. The Hall–Kier alpha value is -4.35. The first-order valence-electron chi connectivity index (χ1n) is 11.7. The summed E-state index contributed by atoms with van der Waals surface area (Å²) in [5.74, 6) is -1.31. The number of benzene rings is 1. The number of carboxylic acids is 1. The van der Waals surface area contributed by atoms with E-state index in [0.717, 1.165) is 12.1 Å². The second kappa shape index (κ2) is 11.0. The lowest BCUT2D eigenvalue weighted by molar-refractivity contribution is 0.0283. The van der Waals surface area contributed by atoms with Crippen LogP contribution in [0.25, 0.3) is 11.1 Å². The Bertz CT molecular complexity index is 1350. The highest BCUT2D eigenvalue weighted by molar-refractivity contribution is 5.89. The lowest BCUT2D eigenvalue weighted by Crippen LogP contribution is -2.34. The van der Waals surface area contributed by atoms with Crippen molar-refractivity contribution < 1.29 is 33.3 Å². The molecule has 1 aromatic carbocycles. The third-order valence-electron chi connectivity index (χ3n) is 5.51. The highest BCUT2D eigenvalue weighted by Gasteiger charge is 2.26. The van der Waals surface area contributed by atoms with Crippen molar-refractivity contribution in [3.05, 3.63) is 53.1 Å². The summed E-state index contributed by atoms with van der Waals surface area (Å²) >= 11 is 0. The number of halogens is 1. The van der Waals surface area contributed by atoms with E-state index in [4.69, 9.17) is 19.9 Å². The number of anilines is 1. The summed E-state index contributed by atoms with van der Waals surface area (Å²) in [7, 11) is 4.79. The molecule has 0 aliphatic rings. The summed E-state index contributed by atoms with van der Waals surface area (Å²) in [5.41, 5.74) is 7.06. The molecule has 0 bridgehead atoms. The summed E-state index contributed by atoms with van der Waals surface area (Å²) in [6.07, 6.45) is 0.203. The summed E-state index contributed by atoms with van der Waals surface area (Å²) in [6.45, 7) is 7.07. The number of hydrogen-bond acceptors (Lipinski definition) is 8. The average molecular weight is 530 g/mol. The van der Waals surface area contributed by atoms with E-state index in [2.05, 4.69) is 10.1 Å². The first-order valence-corrected chi connectivity index (χ1v) is 11.7. The number of rotatable bonds is 8. The van der Waals surface area contributed by atoms with Crippen LogP contribution in [0.2, 0.25) is 0 Å². The molecule has 11 nitrogen and oxygen atoms in total. The molecule has 0 spiro atoms. The quantitative estimate of drug-likeness (QED) is 0.434. The second-order valence-corrected chi connectivity index (χ2v) is 9.70. The number of carbonyl (C=O) groups excluding carboxylic acids is 1. The van der Waals surface area contributed by atoms with Gasteiger partial charge < -0.3 is 30.0 Å². The molecule has 0 saturated heterocycles. The zero-order chi connectivity index (χ0) is 28.4. The summed E-state index contributed by atoms with van der Waals surface area (Å²) in [5, 5.41) is 14.0. The van der Waals surface area contributed by atoms with Crippen LogP contribution < -0.4 is 15.2 Å². The Morgan fingerprint density at radius 3 is 2.55 bits per heavy atom. The molecule has 1 atom stereocenters. The van der Waals surface area contributed by atoms with Crippen LogP contribution in [-0.2, 0) is 18.3 Å². The van der Waals surface area contributed by atoms with Gasteiger partial charge in [-0.2, -0.15) is 5.10 Å². The van der Waals surface area contributed by atoms with E-state index in [1.54, 1.807) is 47.9 Å². The van der Waals surface area contributed by atoms with Gasteiger partial charge in [0, 0.05) is 31.4 Å². The molecule has 0 aliphatic heterocycles. The minimum atomic E-state index is -1.28. The first-order chi connectivity index (χ1) is 17.7. The second-order valence-electron chi connectivity index (χ2n) is 9.70. The van der Waals surface area contributed by atoms with Crippen LogP contribution in [0.1, 0.15) is 55.4 Å². The monoisotopic (exact) mass is 529 g/mol. The third kappa shape index (κ3) is 6.31. The van der Waals surface area contributed by atoms with Gasteiger partial charge in [0.1, 0.15) is 17.5 Å². The van der Waals surface area contributed by atoms with E-state index in [1.807, 2.05) is 0 Å². The van der Waals surface area contributed by atoms with Crippen LogP contribution >= 0.6 is 0 Å². The van der Waals surface area contributed by atoms with Gasteiger partial charge in [0.05, 0.1) is 30.5 Å². The predicted molar refractivity (Wildman–Crippen MR) is 138 cm³/mol. The van der Waals surface area contributed by atoms with Gasteiger partial charge in [0.15, 0.2) is 11.6 Å². The van der Waals surface area contributed by atoms with Crippen molar-refractivity contribution in [2.75, 3.05) is 19.9 Å². The minimum absolute atomic E-state index is 0.0647. The Labute approximate surface area is 219 Å². The van der Waals surface area contributed by atoms with E-state index >= 15 is 0 Å². The topological polar surface area (TPSA) is 142 Å². The average Bonchev–Trinajstić information content (AvgIpc) is 3.13. The highest BCUT2D eigenvalue weighted by atomic mass is 19.1. The lowest BCUT2D eigenvalue weighted by Gasteiger charge is -2.24. The number of amides is 1. The largest absolute Gasteiger partial charge is 0.482 e. The van der Waals surface area contributed by atoms with Crippen molar-refractivity contribution in [3.63, 3.8) is 0 Å². The number of aromatic nitrogens is 3. The van der Waals surface area contributed by atoms with Crippen molar-refractivity contribution in [1.29, 1.82) is 0 Å². The number of methoxy groups -OCH3 is 1. The molecule has 2 heterocycles. The molecule has 12 heteroatoms. The van der Waals surface area contributed by atoms with E-state index < -0.39 is 29.6 Å². The molecule has 2 aromatic heterocycles. The van der Waals surface area contributed by atoms with Crippen molar-refractivity contribution in [1.82, 2.24) is 19.7 Å². The van der Waals surface area contributed by atoms with Crippen molar-refractivity contribution in [2.45, 2.75) is 45.9 Å². The zero-order valence-electron chi connectivity index (χ0n) is 22.4. The van der Waals surface area contributed by atoms with Gasteiger partial charge in [-0.3, -0.25) is 0 Å². The molecule has 0 fully saturated rings. The number of nitrogens with two attached hydrogens (primary N) is 1. The van der Waals surface area contributed by atoms with E-state index in [9.17, 15) is 19.1 Å². The number of pyridine rings is 1. The molecular formula is C26H32FN5O6. The number of ether oxygens (including phenoxy) is 3. The number of aromatic carboxylic acids is 1. The normalized spacial score (nSPS) is 12.1. The number of carbonyl (C=O) groups is 2. The molecule has 1 unspecified atom stereocenters. The maximum atomic E-state index is 13.6.